The van der Waals surface area contributed by atoms with Crippen LogP contribution in [0, 0.1) is 5.92 Å². The van der Waals surface area contributed by atoms with Gasteiger partial charge in [0.25, 0.3) is 0 Å². The molecule has 35 heavy (non-hydrogen) atoms. The molecule has 2 N–H and O–H groups in total. The van der Waals surface area contributed by atoms with Crippen LogP contribution in [-0.4, -0.2) is 47.9 Å². The first kappa shape index (κ1) is 23.6. The molecule has 0 spiro atoms. The van der Waals surface area contributed by atoms with Crippen LogP contribution in [0.3, 0.4) is 0 Å². The summed E-state index contributed by atoms with van der Waals surface area (Å²) in [7, 11) is -3.58. The lowest BCUT2D eigenvalue weighted by Crippen LogP contribution is -2.41. The third-order valence-corrected chi connectivity index (χ3v) is 9.21. The van der Waals surface area contributed by atoms with Gasteiger partial charge in [-0.3, -0.25) is 4.79 Å². The highest BCUT2D eigenvalue weighted by atomic mass is 32.2. The fourth-order valence-corrected chi connectivity index (χ4v) is 6.97. The minimum Gasteiger partial charge on any atom is -0.338 e. The van der Waals surface area contributed by atoms with Gasteiger partial charge in [-0.2, -0.15) is 4.31 Å². The van der Waals surface area contributed by atoms with Crippen LogP contribution in [0.25, 0.3) is 22.4 Å². The standard InChI is InChI=1S/C26H26N4O3S2/c1-34-23-8-4-5-9-24(23)35(32,33)30-16-14-19(15-17-30)26(31)27-20-12-10-18(11-13-20)25-28-21-6-2-3-7-22(21)29-25/h2-13,19H,14-17H2,1H3,(H,27,31)(H,28,29). The zero-order valence-electron chi connectivity index (χ0n) is 19.3. The third kappa shape index (κ3) is 4.84. The van der Waals surface area contributed by atoms with E-state index in [9.17, 15) is 13.2 Å². The SMILES string of the molecule is CSc1ccccc1S(=O)(=O)N1CCC(C(=O)Nc2ccc(-c3nc4ccccc4[nH]3)cc2)CC1. The lowest BCUT2D eigenvalue weighted by molar-refractivity contribution is -0.120. The molecule has 0 bridgehead atoms. The molecule has 1 aliphatic rings. The van der Waals surface area contributed by atoms with E-state index >= 15 is 0 Å². The lowest BCUT2D eigenvalue weighted by Gasteiger charge is -2.31. The number of rotatable bonds is 6. The van der Waals surface area contributed by atoms with E-state index in [1.54, 1.807) is 12.1 Å². The number of hydrogen-bond donors (Lipinski definition) is 2. The monoisotopic (exact) mass is 506 g/mol. The van der Waals surface area contributed by atoms with Gasteiger partial charge in [0, 0.05) is 35.2 Å². The van der Waals surface area contributed by atoms with Crippen molar-refractivity contribution in [3.05, 3.63) is 72.8 Å². The van der Waals surface area contributed by atoms with Gasteiger partial charge >= 0.3 is 0 Å². The Morgan fingerprint density at radius 1 is 1.00 bits per heavy atom. The number of anilines is 1. The summed E-state index contributed by atoms with van der Waals surface area (Å²) >= 11 is 1.42. The van der Waals surface area contributed by atoms with E-state index in [2.05, 4.69) is 15.3 Å². The lowest BCUT2D eigenvalue weighted by atomic mass is 9.97. The Balaban J connectivity index is 1.21. The van der Waals surface area contributed by atoms with Crippen LogP contribution in [-0.2, 0) is 14.8 Å². The number of fused-ring (bicyclic) bond motifs is 1. The maximum Gasteiger partial charge on any atom is 0.244 e. The number of thioether (sulfide) groups is 1. The number of H-pyrrole nitrogens is 1. The van der Waals surface area contributed by atoms with Gasteiger partial charge in [0.05, 0.1) is 15.9 Å². The number of aromatic amines is 1. The van der Waals surface area contributed by atoms with Gasteiger partial charge < -0.3 is 10.3 Å². The number of piperidine rings is 1. The fourth-order valence-electron chi connectivity index (χ4n) is 4.37. The van der Waals surface area contributed by atoms with Gasteiger partial charge in [-0.25, -0.2) is 13.4 Å². The van der Waals surface area contributed by atoms with Crippen molar-refractivity contribution < 1.29 is 13.2 Å². The number of carbonyl (C=O) groups excluding carboxylic acids is 1. The van der Waals surface area contributed by atoms with Crippen LogP contribution in [0.5, 0.6) is 0 Å². The smallest absolute Gasteiger partial charge is 0.244 e. The van der Waals surface area contributed by atoms with Gasteiger partial charge in [-0.1, -0.05) is 24.3 Å². The number of nitrogens with one attached hydrogen (secondary N) is 2. The number of sulfonamides is 1. The number of carbonyl (C=O) groups is 1. The van der Waals surface area contributed by atoms with Crippen molar-refractivity contribution in [2.45, 2.75) is 22.6 Å². The Morgan fingerprint density at radius 3 is 2.40 bits per heavy atom. The second-order valence-electron chi connectivity index (χ2n) is 8.50. The highest BCUT2D eigenvalue weighted by Crippen LogP contribution is 2.30. The van der Waals surface area contributed by atoms with E-state index in [1.807, 2.05) is 66.9 Å². The van der Waals surface area contributed by atoms with Crippen molar-refractivity contribution in [2.24, 2.45) is 5.92 Å². The number of hydrogen-bond acceptors (Lipinski definition) is 5. The first-order chi connectivity index (χ1) is 17.0. The number of nitrogens with zero attached hydrogens (tertiary/aromatic N) is 2. The molecule has 1 amide bonds. The number of para-hydroxylation sites is 2. The molecule has 0 radical (unpaired) electrons. The Hall–Kier alpha value is -3.14. The molecule has 1 aliphatic heterocycles. The molecule has 5 rings (SSSR count). The zero-order valence-corrected chi connectivity index (χ0v) is 20.9. The summed E-state index contributed by atoms with van der Waals surface area (Å²) in [5.41, 5.74) is 3.53. The number of benzene rings is 3. The summed E-state index contributed by atoms with van der Waals surface area (Å²) in [6.07, 6.45) is 2.85. The molecule has 1 saturated heterocycles. The van der Waals surface area contributed by atoms with E-state index in [0.29, 0.717) is 36.5 Å². The first-order valence-corrected chi connectivity index (χ1v) is 14.1. The Kier molecular flexibility index (Phi) is 6.64. The van der Waals surface area contributed by atoms with Crippen molar-refractivity contribution in [1.29, 1.82) is 0 Å². The Bertz CT molecular complexity index is 1420. The van der Waals surface area contributed by atoms with Crippen LogP contribution in [0.2, 0.25) is 0 Å². The fraction of sp³-hybridized carbons (Fsp3) is 0.231. The molecule has 4 aromatic rings. The summed E-state index contributed by atoms with van der Waals surface area (Å²) < 4.78 is 27.8. The molecule has 0 aliphatic carbocycles. The van der Waals surface area contributed by atoms with Crippen LogP contribution >= 0.6 is 11.8 Å². The van der Waals surface area contributed by atoms with E-state index in [4.69, 9.17) is 0 Å². The second kappa shape index (κ2) is 9.85. The van der Waals surface area contributed by atoms with Crippen molar-refractivity contribution in [3.63, 3.8) is 0 Å². The predicted octanol–water partition coefficient (Wildman–Crippen LogP) is 4.99. The summed E-state index contributed by atoms with van der Waals surface area (Å²) in [6, 6.07) is 22.5. The average molecular weight is 507 g/mol. The van der Waals surface area contributed by atoms with Crippen LogP contribution in [0.1, 0.15) is 12.8 Å². The predicted molar refractivity (Wildman–Crippen MR) is 140 cm³/mol. The van der Waals surface area contributed by atoms with Crippen molar-refractivity contribution in [3.8, 4) is 11.4 Å². The van der Waals surface area contributed by atoms with Gasteiger partial charge in [0.1, 0.15) is 5.82 Å². The van der Waals surface area contributed by atoms with E-state index < -0.39 is 10.0 Å². The minimum absolute atomic E-state index is 0.0805. The van der Waals surface area contributed by atoms with Crippen molar-refractivity contribution in [2.75, 3.05) is 24.7 Å². The van der Waals surface area contributed by atoms with Gasteiger partial charge in [-0.15, -0.1) is 11.8 Å². The van der Waals surface area contributed by atoms with E-state index in [0.717, 1.165) is 27.3 Å². The zero-order chi connectivity index (χ0) is 24.4. The molecule has 1 fully saturated rings. The molecule has 9 heteroatoms. The van der Waals surface area contributed by atoms with E-state index in [1.165, 1.54) is 16.1 Å². The van der Waals surface area contributed by atoms with E-state index in [-0.39, 0.29) is 11.8 Å². The molecule has 0 saturated carbocycles. The minimum atomic E-state index is -3.58. The maximum absolute atomic E-state index is 13.1. The van der Waals surface area contributed by atoms with Crippen LogP contribution in [0.15, 0.2) is 82.6 Å². The molecule has 1 aromatic heterocycles. The maximum atomic E-state index is 13.1. The first-order valence-electron chi connectivity index (χ1n) is 11.4. The molecular formula is C26H26N4O3S2. The number of aromatic nitrogens is 2. The van der Waals surface area contributed by atoms with Gasteiger partial charge in [-0.05, 0) is 67.6 Å². The molecule has 3 aromatic carbocycles. The van der Waals surface area contributed by atoms with Gasteiger partial charge in [0.2, 0.25) is 15.9 Å². The highest BCUT2D eigenvalue weighted by Gasteiger charge is 2.33. The number of imidazole rings is 1. The molecule has 2 heterocycles. The Labute approximate surface area is 209 Å². The molecule has 7 nitrogen and oxygen atoms in total. The summed E-state index contributed by atoms with van der Waals surface area (Å²) in [5, 5.41) is 2.98. The topological polar surface area (TPSA) is 95.2 Å². The van der Waals surface area contributed by atoms with Crippen LogP contribution in [0.4, 0.5) is 5.69 Å². The second-order valence-corrected chi connectivity index (χ2v) is 11.3. The Morgan fingerprint density at radius 2 is 1.69 bits per heavy atom. The normalized spacial score (nSPS) is 15.3. The summed E-state index contributed by atoms with van der Waals surface area (Å²) in [5.74, 6) is 0.469. The average Bonchev–Trinajstić information content (AvgIpc) is 3.33. The molecule has 180 valence electrons. The number of amides is 1. The van der Waals surface area contributed by atoms with Crippen LogP contribution < -0.4 is 5.32 Å². The summed E-state index contributed by atoms with van der Waals surface area (Å²) in [6.45, 7) is 0.655. The van der Waals surface area contributed by atoms with Crippen molar-refractivity contribution >= 4 is 44.4 Å². The quantitative estimate of drug-likeness (QED) is 0.359. The molecule has 0 unspecified atom stereocenters. The third-order valence-electron chi connectivity index (χ3n) is 6.33. The van der Waals surface area contributed by atoms with Crippen molar-refractivity contribution in [1.82, 2.24) is 14.3 Å². The molecular weight excluding hydrogens is 480 g/mol. The highest BCUT2D eigenvalue weighted by molar-refractivity contribution is 7.99. The summed E-state index contributed by atoms with van der Waals surface area (Å²) in [4.78, 5) is 21.8. The molecule has 0 atom stereocenters. The largest absolute Gasteiger partial charge is 0.338 e. The van der Waals surface area contributed by atoms with Gasteiger partial charge in [0.15, 0.2) is 0 Å².